The number of nitrogens with one attached hydrogen (secondary N) is 1. The summed E-state index contributed by atoms with van der Waals surface area (Å²) in [7, 11) is 5.58. The number of aromatic nitrogens is 1. The highest BCUT2D eigenvalue weighted by Gasteiger charge is 2.23. The molecule has 1 amide bonds. The molecule has 0 radical (unpaired) electrons. The van der Waals surface area contributed by atoms with Crippen LogP contribution in [0.25, 0.3) is 10.2 Å². The molecule has 0 fully saturated rings. The van der Waals surface area contributed by atoms with Gasteiger partial charge in [-0.05, 0) is 38.1 Å². The topological polar surface area (TPSA) is 46.9 Å². The van der Waals surface area contributed by atoms with Crippen LogP contribution in [-0.2, 0) is 11.3 Å². The van der Waals surface area contributed by atoms with Gasteiger partial charge in [0, 0.05) is 12.6 Å². The lowest BCUT2D eigenvalue weighted by molar-refractivity contribution is -0.885. The lowest BCUT2D eigenvalue weighted by Crippen LogP contribution is -3.08. The van der Waals surface area contributed by atoms with Crippen LogP contribution in [-0.4, -0.2) is 43.5 Å². The van der Waals surface area contributed by atoms with Gasteiger partial charge in [0.1, 0.15) is 17.3 Å². The molecule has 1 aromatic heterocycles. The minimum atomic E-state index is -0.0498. The van der Waals surface area contributed by atoms with Crippen LogP contribution < -0.4 is 9.64 Å². The summed E-state index contributed by atoms with van der Waals surface area (Å²) in [6.45, 7) is 5.26. The summed E-state index contributed by atoms with van der Waals surface area (Å²) in [6.07, 6.45) is 0. The summed E-state index contributed by atoms with van der Waals surface area (Å²) in [4.78, 5) is 20.5. The number of thiazole rings is 1. The molecule has 0 bridgehead atoms. The predicted molar refractivity (Wildman–Crippen MR) is 114 cm³/mol. The molecule has 0 aliphatic carbocycles. The van der Waals surface area contributed by atoms with Crippen LogP contribution >= 0.6 is 11.3 Å². The highest BCUT2D eigenvalue weighted by atomic mass is 32.1. The number of quaternary nitrogens is 1. The lowest BCUT2D eigenvalue weighted by Gasteiger charge is -2.25. The molecular weight excluding hydrogens is 370 g/mol. The van der Waals surface area contributed by atoms with Crippen LogP contribution in [0.2, 0.25) is 0 Å². The van der Waals surface area contributed by atoms with E-state index in [4.69, 9.17) is 9.72 Å². The Morgan fingerprint density at radius 3 is 2.75 bits per heavy atom. The third-order valence-electron chi connectivity index (χ3n) is 5.02. The van der Waals surface area contributed by atoms with Crippen molar-refractivity contribution in [1.82, 2.24) is 9.88 Å². The molecule has 3 aromatic rings. The standard InChI is InChI=1S/C22H27N3O2S/c1-15-10-11-19(27-5)17(12-15)13-24(3)14-21(26)25(4)16(2)22-23-18-8-6-7-9-20(18)28-22/h6-12,16H,13-14H2,1-5H3/p+1/t16-/m0/s1. The quantitative estimate of drug-likeness (QED) is 0.666. The monoisotopic (exact) mass is 398 g/mol. The van der Waals surface area contributed by atoms with Gasteiger partial charge in [-0.1, -0.05) is 23.8 Å². The van der Waals surface area contributed by atoms with Gasteiger partial charge >= 0.3 is 0 Å². The van der Waals surface area contributed by atoms with E-state index in [0.717, 1.165) is 38.0 Å². The highest BCUT2D eigenvalue weighted by molar-refractivity contribution is 7.18. The number of methoxy groups -OCH3 is 1. The number of benzene rings is 2. The van der Waals surface area contributed by atoms with E-state index in [9.17, 15) is 4.79 Å². The molecule has 5 nitrogen and oxygen atoms in total. The van der Waals surface area contributed by atoms with Gasteiger partial charge in [0.15, 0.2) is 6.54 Å². The van der Waals surface area contributed by atoms with Crippen molar-refractivity contribution in [2.45, 2.75) is 26.4 Å². The molecule has 1 unspecified atom stereocenters. The van der Waals surface area contributed by atoms with Crippen molar-refractivity contribution in [3.05, 3.63) is 58.6 Å². The Balaban J connectivity index is 1.65. The molecule has 1 N–H and O–H groups in total. The van der Waals surface area contributed by atoms with Gasteiger partial charge in [0.25, 0.3) is 5.91 Å². The van der Waals surface area contributed by atoms with Crippen LogP contribution in [0.15, 0.2) is 42.5 Å². The van der Waals surface area contributed by atoms with E-state index in [2.05, 4.69) is 19.1 Å². The predicted octanol–water partition coefficient (Wildman–Crippen LogP) is 2.85. The SMILES string of the molecule is COc1ccc(C)cc1C[NH+](C)CC(=O)N(C)[C@@H](C)c1nc2ccccc2s1. The van der Waals surface area contributed by atoms with Crippen LogP contribution in [0, 0.1) is 6.92 Å². The van der Waals surface area contributed by atoms with Gasteiger partial charge in [-0.2, -0.15) is 0 Å². The maximum Gasteiger partial charge on any atom is 0.278 e. The Kier molecular flexibility index (Phi) is 6.31. The average molecular weight is 399 g/mol. The largest absolute Gasteiger partial charge is 0.496 e. The van der Waals surface area contributed by atoms with Gasteiger partial charge in [0.2, 0.25) is 0 Å². The van der Waals surface area contributed by atoms with Crippen molar-refractivity contribution in [3.8, 4) is 5.75 Å². The number of likely N-dealkylation sites (N-methyl/N-ethyl adjacent to an activating group) is 2. The number of para-hydroxylation sites is 1. The number of nitrogens with zero attached hydrogens (tertiary/aromatic N) is 2. The molecule has 0 spiro atoms. The number of aryl methyl sites for hydroxylation is 1. The maximum absolute atomic E-state index is 12.8. The van der Waals surface area contributed by atoms with Crippen LogP contribution in [0.1, 0.15) is 29.1 Å². The van der Waals surface area contributed by atoms with Gasteiger partial charge in [-0.25, -0.2) is 4.98 Å². The van der Waals surface area contributed by atoms with E-state index in [1.807, 2.05) is 51.4 Å². The third kappa shape index (κ3) is 4.51. The Labute approximate surface area is 170 Å². The zero-order valence-corrected chi connectivity index (χ0v) is 18.0. The number of hydrogen-bond donors (Lipinski definition) is 1. The summed E-state index contributed by atoms with van der Waals surface area (Å²) in [5.41, 5.74) is 3.30. The number of carbonyl (C=O) groups is 1. The fraction of sp³-hybridized carbons (Fsp3) is 0.364. The summed E-state index contributed by atoms with van der Waals surface area (Å²) < 4.78 is 6.62. The van der Waals surface area contributed by atoms with Crippen LogP contribution in [0.3, 0.4) is 0 Å². The zero-order chi connectivity index (χ0) is 20.3. The van der Waals surface area contributed by atoms with Crippen LogP contribution in [0.5, 0.6) is 5.75 Å². The molecule has 3 rings (SSSR count). The van der Waals surface area contributed by atoms with Crippen LogP contribution in [0.4, 0.5) is 0 Å². The molecule has 6 heteroatoms. The second-order valence-electron chi connectivity index (χ2n) is 7.33. The summed E-state index contributed by atoms with van der Waals surface area (Å²) in [5.74, 6) is 0.976. The number of rotatable bonds is 7. The van der Waals surface area contributed by atoms with Crippen molar-refractivity contribution in [2.75, 3.05) is 27.7 Å². The maximum atomic E-state index is 12.8. The fourth-order valence-electron chi connectivity index (χ4n) is 3.27. The number of amides is 1. The van der Waals surface area contributed by atoms with Crippen molar-refractivity contribution >= 4 is 27.5 Å². The van der Waals surface area contributed by atoms with Crippen molar-refractivity contribution in [3.63, 3.8) is 0 Å². The number of hydrogen-bond acceptors (Lipinski definition) is 4. The number of ether oxygens (including phenoxy) is 1. The zero-order valence-electron chi connectivity index (χ0n) is 17.2. The molecule has 0 aliphatic heterocycles. The summed E-state index contributed by atoms with van der Waals surface area (Å²) in [5, 5.41) is 0.968. The molecular formula is C22H28N3O2S+. The highest BCUT2D eigenvalue weighted by Crippen LogP contribution is 2.28. The van der Waals surface area contributed by atoms with Crippen molar-refractivity contribution < 1.29 is 14.4 Å². The van der Waals surface area contributed by atoms with Gasteiger partial charge in [-0.15, -0.1) is 11.3 Å². The van der Waals surface area contributed by atoms with Crippen molar-refractivity contribution in [1.29, 1.82) is 0 Å². The first kappa shape index (κ1) is 20.3. The molecule has 2 atom stereocenters. The molecule has 0 aliphatic rings. The van der Waals surface area contributed by atoms with E-state index >= 15 is 0 Å². The smallest absolute Gasteiger partial charge is 0.278 e. The second kappa shape index (κ2) is 8.71. The number of carbonyl (C=O) groups excluding carboxylic acids is 1. The molecule has 2 aromatic carbocycles. The third-order valence-corrected chi connectivity index (χ3v) is 6.23. The first-order valence-electron chi connectivity index (χ1n) is 9.45. The minimum absolute atomic E-state index is 0.0498. The Hall–Kier alpha value is -2.44. The molecule has 0 saturated carbocycles. The van der Waals surface area contributed by atoms with E-state index < -0.39 is 0 Å². The summed E-state index contributed by atoms with van der Waals surface area (Å²) in [6, 6.07) is 14.2. The normalized spacial score (nSPS) is 13.3. The first-order valence-corrected chi connectivity index (χ1v) is 10.3. The van der Waals surface area contributed by atoms with Gasteiger partial charge in [0.05, 0.1) is 30.4 Å². The molecule has 1 heterocycles. The fourth-order valence-corrected chi connectivity index (χ4v) is 4.33. The summed E-state index contributed by atoms with van der Waals surface area (Å²) >= 11 is 1.65. The molecule has 28 heavy (non-hydrogen) atoms. The van der Waals surface area contributed by atoms with Gasteiger partial charge < -0.3 is 14.5 Å². The van der Waals surface area contributed by atoms with E-state index in [1.54, 1.807) is 23.3 Å². The average Bonchev–Trinajstić information content (AvgIpc) is 3.11. The molecule has 0 saturated heterocycles. The minimum Gasteiger partial charge on any atom is -0.496 e. The second-order valence-corrected chi connectivity index (χ2v) is 8.39. The number of fused-ring (bicyclic) bond motifs is 1. The Morgan fingerprint density at radius 1 is 1.29 bits per heavy atom. The Bertz CT molecular complexity index is 936. The molecule has 148 valence electrons. The van der Waals surface area contributed by atoms with E-state index in [1.165, 1.54) is 5.56 Å². The lowest BCUT2D eigenvalue weighted by atomic mass is 10.1. The van der Waals surface area contributed by atoms with E-state index in [0.29, 0.717) is 6.54 Å². The Morgan fingerprint density at radius 2 is 2.04 bits per heavy atom. The first-order chi connectivity index (χ1) is 13.4. The van der Waals surface area contributed by atoms with Crippen molar-refractivity contribution in [2.24, 2.45) is 0 Å². The van der Waals surface area contributed by atoms with Gasteiger partial charge in [-0.3, -0.25) is 4.79 Å². The van der Waals surface area contributed by atoms with E-state index in [-0.39, 0.29) is 11.9 Å².